The highest BCUT2D eigenvalue weighted by atomic mass is 19.4. The zero-order valence-corrected chi connectivity index (χ0v) is 14.3. The van der Waals surface area contributed by atoms with Gasteiger partial charge in [0.15, 0.2) is 0 Å². The lowest BCUT2D eigenvalue weighted by molar-refractivity contribution is -0.141. The number of benzene rings is 2. The van der Waals surface area contributed by atoms with E-state index < -0.39 is 23.4 Å². The maximum atomic E-state index is 13.7. The number of halogens is 4. The Morgan fingerprint density at radius 3 is 2.50 bits per heavy atom. The minimum Gasteiger partial charge on any atom is -0.488 e. The number of nitrogens with one attached hydrogen (secondary N) is 1. The lowest BCUT2D eigenvalue weighted by atomic mass is 10.1. The molecule has 1 N–H and O–H groups in total. The molecule has 0 spiro atoms. The van der Waals surface area contributed by atoms with Crippen molar-refractivity contribution in [3.8, 4) is 5.75 Å². The highest BCUT2D eigenvalue weighted by molar-refractivity contribution is 5.71. The molecule has 0 unspecified atom stereocenters. The summed E-state index contributed by atoms with van der Waals surface area (Å²) in [5, 5.41) is 0. The molecular formula is C20H14F4N2O2. The molecule has 1 heterocycles. The van der Waals surface area contributed by atoms with Crippen molar-refractivity contribution in [2.45, 2.75) is 12.8 Å². The van der Waals surface area contributed by atoms with E-state index in [-0.39, 0.29) is 12.3 Å². The molecular weight excluding hydrogens is 376 g/mol. The van der Waals surface area contributed by atoms with E-state index in [1.807, 2.05) is 0 Å². The molecule has 28 heavy (non-hydrogen) atoms. The third-order valence-corrected chi connectivity index (χ3v) is 3.76. The smallest absolute Gasteiger partial charge is 0.431 e. The Bertz CT molecular complexity index is 1060. The minimum atomic E-state index is -4.69. The number of hydrogen-bond acceptors (Lipinski definition) is 3. The average molecular weight is 390 g/mol. The largest absolute Gasteiger partial charge is 0.488 e. The van der Waals surface area contributed by atoms with E-state index in [2.05, 4.69) is 4.98 Å². The van der Waals surface area contributed by atoms with Gasteiger partial charge in [-0.3, -0.25) is 0 Å². The molecule has 8 heteroatoms. The number of aromatic amines is 1. The summed E-state index contributed by atoms with van der Waals surface area (Å²) in [6.45, 7) is -0.0149. The predicted molar refractivity (Wildman–Crippen MR) is 96.0 cm³/mol. The van der Waals surface area contributed by atoms with E-state index in [0.29, 0.717) is 16.9 Å². The molecule has 0 atom stereocenters. The van der Waals surface area contributed by atoms with E-state index in [9.17, 15) is 22.4 Å². The van der Waals surface area contributed by atoms with Crippen molar-refractivity contribution in [2.75, 3.05) is 0 Å². The maximum Gasteiger partial charge on any atom is 0.431 e. The molecule has 0 aliphatic heterocycles. The lowest BCUT2D eigenvalue weighted by Gasteiger charge is -2.10. The molecule has 0 aliphatic rings. The van der Waals surface area contributed by atoms with Crippen molar-refractivity contribution in [2.24, 2.45) is 0 Å². The Morgan fingerprint density at radius 1 is 1.04 bits per heavy atom. The van der Waals surface area contributed by atoms with Gasteiger partial charge < -0.3 is 9.72 Å². The number of alkyl halides is 3. The van der Waals surface area contributed by atoms with Crippen LogP contribution in [0.5, 0.6) is 5.75 Å². The van der Waals surface area contributed by atoms with Gasteiger partial charge in [0.25, 0.3) is 0 Å². The fraction of sp³-hybridized carbons (Fsp3) is 0.100. The molecule has 2 aromatic carbocycles. The van der Waals surface area contributed by atoms with Gasteiger partial charge in [0.2, 0.25) is 0 Å². The van der Waals surface area contributed by atoms with Crippen LogP contribution in [0.15, 0.2) is 59.4 Å². The van der Waals surface area contributed by atoms with Crippen LogP contribution >= 0.6 is 0 Å². The van der Waals surface area contributed by atoms with E-state index >= 15 is 0 Å². The fourth-order valence-electron chi connectivity index (χ4n) is 2.41. The van der Waals surface area contributed by atoms with Crippen LogP contribution in [0.25, 0.3) is 12.2 Å². The molecule has 4 nitrogen and oxygen atoms in total. The molecule has 1 aromatic heterocycles. The van der Waals surface area contributed by atoms with Gasteiger partial charge in [-0.2, -0.15) is 18.2 Å². The van der Waals surface area contributed by atoms with Crippen LogP contribution in [0, 0.1) is 5.82 Å². The molecule has 144 valence electrons. The predicted octanol–water partition coefficient (Wildman–Crippen LogP) is 4.68. The molecule has 0 amide bonds. The molecule has 0 aliphatic carbocycles. The van der Waals surface area contributed by atoms with Crippen molar-refractivity contribution >= 4 is 12.2 Å². The van der Waals surface area contributed by atoms with Crippen LogP contribution in [0.1, 0.15) is 22.5 Å². The first-order valence-corrected chi connectivity index (χ1v) is 8.15. The number of nitrogens with zero attached hydrogens (tertiary/aromatic N) is 1. The van der Waals surface area contributed by atoms with Gasteiger partial charge in [-0.05, 0) is 30.4 Å². The fourth-order valence-corrected chi connectivity index (χ4v) is 2.41. The van der Waals surface area contributed by atoms with E-state index in [0.717, 1.165) is 6.07 Å². The number of hydrogen-bond donors (Lipinski definition) is 1. The first kappa shape index (κ1) is 19.3. The van der Waals surface area contributed by atoms with Crippen LogP contribution in [0.4, 0.5) is 17.6 Å². The monoisotopic (exact) mass is 390 g/mol. The van der Waals surface area contributed by atoms with Crippen LogP contribution in [0.2, 0.25) is 0 Å². The average Bonchev–Trinajstić information content (AvgIpc) is 2.65. The summed E-state index contributed by atoms with van der Waals surface area (Å²) in [6, 6.07) is 13.6. The zero-order valence-electron chi connectivity index (χ0n) is 14.3. The standard InChI is InChI=1S/C20H14F4N2O2/c21-16-7-3-1-6-14(16)12-28-17-8-4-2-5-13(17)9-10-15-11-18(20(22,23)24)26-19(27)25-15/h1-11H,12H2,(H,25,26,27). The molecule has 0 saturated heterocycles. The van der Waals surface area contributed by atoms with Gasteiger partial charge in [-0.15, -0.1) is 0 Å². The van der Waals surface area contributed by atoms with Gasteiger partial charge in [-0.1, -0.05) is 36.4 Å². The van der Waals surface area contributed by atoms with Crippen LogP contribution < -0.4 is 10.4 Å². The molecule has 0 saturated carbocycles. The Morgan fingerprint density at radius 2 is 1.75 bits per heavy atom. The van der Waals surface area contributed by atoms with E-state index in [4.69, 9.17) is 4.74 Å². The van der Waals surface area contributed by atoms with Crippen molar-refractivity contribution in [3.63, 3.8) is 0 Å². The normalized spacial score (nSPS) is 11.7. The van der Waals surface area contributed by atoms with Gasteiger partial charge in [0.1, 0.15) is 23.9 Å². The maximum absolute atomic E-state index is 13.7. The second-order valence-electron chi connectivity index (χ2n) is 5.77. The molecule has 3 rings (SSSR count). The van der Waals surface area contributed by atoms with Crippen LogP contribution in [-0.2, 0) is 12.8 Å². The highest BCUT2D eigenvalue weighted by Crippen LogP contribution is 2.27. The first-order valence-electron chi connectivity index (χ1n) is 8.15. The highest BCUT2D eigenvalue weighted by Gasteiger charge is 2.32. The Balaban J connectivity index is 1.83. The first-order chi connectivity index (χ1) is 13.3. The summed E-state index contributed by atoms with van der Waals surface area (Å²) < 4.78 is 57.7. The SMILES string of the molecule is O=c1nc(C=Cc2ccccc2OCc2ccccc2F)cc(C(F)(F)F)[nH]1. The Labute approximate surface area is 157 Å². The third kappa shape index (κ3) is 4.85. The van der Waals surface area contributed by atoms with Gasteiger partial charge >= 0.3 is 11.9 Å². The van der Waals surface area contributed by atoms with Gasteiger partial charge in [0.05, 0.1) is 5.69 Å². The topological polar surface area (TPSA) is 55.0 Å². The van der Waals surface area contributed by atoms with Crippen molar-refractivity contribution in [1.29, 1.82) is 0 Å². The number of rotatable bonds is 5. The minimum absolute atomic E-state index is 0.0149. The molecule has 3 aromatic rings. The summed E-state index contributed by atoms with van der Waals surface area (Å²) >= 11 is 0. The molecule has 0 radical (unpaired) electrons. The summed E-state index contributed by atoms with van der Waals surface area (Å²) in [6.07, 6.45) is -1.94. The summed E-state index contributed by atoms with van der Waals surface area (Å²) in [7, 11) is 0. The van der Waals surface area contributed by atoms with Crippen molar-refractivity contribution in [3.05, 3.63) is 93.4 Å². The van der Waals surface area contributed by atoms with Crippen LogP contribution in [0.3, 0.4) is 0 Å². The number of aromatic nitrogens is 2. The van der Waals surface area contributed by atoms with Crippen molar-refractivity contribution < 1.29 is 22.3 Å². The Kier molecular flexibility index (Phi) is 5.58. The summed E-state index contributed by atoms with van der Waals surface area (Å²) in [4.78, 5) is 16.5. The molecule has 0 bridgehead atoms. The molecule has 0 fully saturated rings. The third-order valence-electron chi connectivity index (χ3n) is 3.76. The van der Waals surface area contributed by atoms with E-state index in [1.165, 1.54) is 18.2 Å². The Hall–Kier alpha value is -3.42. The second kappa shape index (κ2) is 8.08. The van der Waals surface area contributed by atoms with Gasteiger partial charge in [-0.25, -0.2) is 9.18 Å². The summed E-state index contributed by atoms with van der Waals surface area (Å²) in [5.74, 6) is 0.00537. The number of para-hydroxylation sites is 1. The lowest BCUT2D eigenvalue weighted by Crippen LogP contribution is -2.19. The van der Waals surface area contributed by atoms with Gasteiger partial charge in [0, 0.05) is 11.1 Å². The zero-order chi connectivity index (χ0) is 20.1. The summed E-state index contributed by atoms with van der Waals surface area (Å²) in [5.41, 5.74) is -1.53. The van der Waals surface area contributed by atoms with Crippen LogP contribution in [-0.4, -0.2) is 9.97 Å². The second-order valence-corrected chi connectivity index (χ2v) is 5.77. The van der Waals surface area contributed by atoms with Crippen molar-refractivity contribution in [1.82, 2.24) is 9.97 Å². The number of H-pyrrole nitrogens is 1. The van der Waals surface area contributed by atoms with E-state index in [1.54, 1.807) is 47.4 Å². The number of ether oxygens (including phenoxy) is 1. The quantitative estimate of drug-likeness (QED) is 0.644.